The van der Waals surface area contributed by atoms with Gasteiger partial charge in [0.2, 0.25) is 0 Å². The lowest BCUT2D eigenvalue weighted by atomic mass is 9.95. The van der Waals surface area contributed by atoms with Crippen molar-refractivity contribution in [3.63, 3.8) is 0 Å². The molecule has 0 saturated carbocycles. The van der Waals surface area contributed by atoms with E-state index in [-0.39, 0.29) is 6.04 Å². The molecule has 1 unspecified atom stereocenters. The predicted molar refractivity (Wildman–Crippen MR) is 93.9 cm³/mol. The van der Waals surface area contributed by atoms with Crippen LogP contribution in [0.5, 0.6) is 0 Å². The van der Waals surface area contributed by atoms with Crippen molar-refractivity contribution in [3.8, 4) is 0 Å². The maximum absolute atomic E-state index is 6.25. The molecule has 1 saturated heterocycles. The second kappa shape index (κ2) is 7.01. The summed E-state index contributed by atoms with van der Waals surface area (Å²) in [7, 11) is 0. The van der Waals surface area contributed by atoms with Crippen molar-refractivity contribution in [2.24, 2.45) is 0 Å². The van der Waals surface area contributed by atoms with Crippen LogP contribution in [0.1, 0.15) is 22.7 Å². The van der Waals surface area contributed by atoms with Gasteiger partial charge in [0.25, 0.3) is 0 Å². The van der Waals surface area contributed by atoms with Gasteiger partial charge in [-0.05, 0) is 30.2 Å². The Morgan fingerprint density at radius 1 is 0.909 bits per heavy atom. The number of nitrogens with one attached hydrogen (secondary N) is 1. The van der Waals surface area contributed by atoms with Gasteiger partial charge >= 0.3 is 0 Å². The third kappa shape index (κ3) is 3.47. The summed E-state index contributed by atoms with van der Waals surface area (Å²) in [5, 5.41) is 4.64. The minimum atomic E-state index is 0.220. The maximum atomic E-state index is 6.25. The van der Waals surface area contributed by atoms with Crippen molar-refractivity contribution in [2.75, 3.05) is 26.2 Å². The topological polar surface area (TPSA) is 15.3 Å². The maximum Gasteiger partial charge on any atom is 0.0603 e. The number of piperazine rings is 1. The highest BCUT2D eigenvalue weighted by Gasteiger charge is 2.24. The van der Waals surface area contributed by atoms with Crippen LogP contribution < -0.4 is 5.32 Å². The fraction of sp³-hybridized carbons (Fsp3) is 0.333. The van der Waals surface area contributed by atoms with Crippen LogP contribution in [-0.4, -0.2) is 31.1 Å². The van der Waals surface area contributed by atoms with Gasteiger partial charge in [-0.15, -0.1) is 0 Å². The Bertz CT molecular complexity index is 634. The molecule has 116 valence electrons. The van der Waals surface area contributed by atoms with Gasteiger partial charge in [0.1, 0.15) is 0 Å². The number of halogens is 2. The van der Waals surface area contributed by atoms with Gasteiger partial charge in [-0.25, -0.2) is 0 Å². The first-order valence-electron chi connectivity index (χ1n) is 7.61. The van der Waals surface area contributed by atoms with Gasteiger partial charge in [-0.2, -0.15) is 0 Å². The van der Waals surface area contributed by atoms with Gasteiger partial charge in [0.15, 0.2) is 0 Å². The number of benzene rings is 2. The summed E-state index contributed by atoms with van der Waals surface area (Å²) < 4.78 is 0. The minimum absolute atomic E-state index is 0.220. The Morgan fingerprint density at radius 3 is 2.18 bits per heavy atom. The number of hydrogen-bond donors (Lipinski definition) is 1. The van der Waals surface area contributed by atoms with Crippen LogP contribution in [0, 0.1) is 6.92 Å². The highest BCUT2D eigenvalue weighted by Crippen LogP contribution is 2.33. The first-order chi connectivity index (χ1) is 10.6. The van der Waals surface area contributed by atoms with Crippen LogP contribution in [-0.2, 0) is 0 Å². The zero-order chi connectivity index (χ0) is 15.5. The van der Waals surface area contributed by atoms with Crippen molar-refractivity contribution in [1.82, 2.24) is 10.2 Å². The summed E-state index contributed by atoms with van der Waals surface area (Å²) in [5.41, 5.74) is 3.77. The Balaban J connectivity index is 2.01. The van der Waals surface area contributed by atoms with Gasteiger partial charge < -0.3 is 5.32 Å². The molecule has 2 aromatic rings. The molecule has 1 aliphatic heterocycles. The smallest absolute Gasteiger partial charge is 0.0603 e. The summed E-state index contributed by atoms with van der Waals surface area (Å²) in [6, 6.07) is 15.0. The second-order valence-corrected chi connectivity index (χ2v) is 6.59. The van der Waals surface area contributed by atoms with Crippen molar-refractivity contribution >= 4 is 23.2 Å². The molecule has 3 rings (SSSR count). The SMILES string of the molecule is Cc1ccc(C(c2ccc(Cl)c(Cl)c2)N2CCNCC2)cc1. The lowest BCUT2D eigenvalue weighted by Gasteiger charge is -2.35. The molecule has 4 heteroatoms. The van der Waals surface area contributed by atoms with E-state index in [9.17, 15) is 0 Å². The summed E-state index contributed by atoms with van der Waals surface area (Å²) in [4.78, 5) is 2.50. The molecular formula is C18H20Cl2N2. The van der Waals surface area contributed by atoms with E-state index >= 15 is 0 Å². The minimum Gasteiger partial charge on any atom is -0.314 e. The Morgan fingerprint density at radius 2 is 1.55 bits per heavy atom. The number of hydrogen-bond acceptors (Lipinski definition) is 2. The number of rotatable bonds is 3. The molecule has 2 aromatic carbocycles. The zero-order valence-corrected chi connectivity index (χ0v) is 14.2. The summed E-state index contributed by atoms with van der Waals surface area (Å²) in [5.74, 6) is 0. The van der Waals surface area contributed by atoms with E-state index in [0.717, 1.165) is 26.2 Å². The zero-order valence-electron chi connectivity index (χ0n) is 12.7. The molecule has 0 amide bonds. The van der Waals surface area contributed by atoms with Crippen LogP contribution in [0.15, 0.2) is 42.5 Å². The van der Waals surface area contributed by atoms with Crippen LogP contribution in [0.2, 0.25) is 10.0 Å². The third-order valence-electron chi connectivity index (χ3n) is 4.17. The normalized spacial score (nSPS) is 17.4. The fourth-order valence-corrected chi connectivity index (χ4v) is 3.29. The molecule has 1 aliphatic rings. The van der Waals surface area contributed by atoms with E-state index in [0.29, 0.717) is 10.0 Å². The predicted octanol–water partition coefficient (Wildman–Crippen LogP) is 4.30. The number of nitrogens with zero attached hydrogens (tertiary/aromatic N) is 1. The first kappa shape index (κ1) is 15.8. The standard InChI is InChI=1S/C18H20Cl2N2/c1-13-2-4-14(5-3-13)18(22-10-8-21-9-11-22)15-6-7-16(19)17(20)12-15/h2-7,12,18,21H,8-11H2,1H3. The first-order valence-corrected chi connectivity index (χ1v) is 8.37. The van der Waals surface area contributed by atoms with Crippen LogP contribution in [0.3, 0.4) is 0 Å². The van der Waals surface area contributed by atoms with Crippen LogP contribution in [0.4, 0.5) is 0 Å². The third-order valence-corrected chi connectivity index (χ3v) is 4.91. The van der Waals surface area contributed by atoms with Gasteiger partial charge in [-0.3, -0.25) is 4.90 Å². The van der Waals surface area contributed by atoms with Crippen LogP contribution >= 0.6 is 23.2 Å². The molecule has 0 aliphatic carbocycles. The average molecular weight is 335 g/mol. The molecule has 22 heavy (non-hydrogen) atoms. The molecule has 2 nitrogen and oxygen atoms in total. The van der Waals surface area contributed by atoms with Gasteiger partial charge in [0.05, 0.1) is 16.1 Å². The van der Waals surface area contributed by atoms with E-state index in [1.807, 2.05) is 12.1 Å². The van der Waals surface area contributed by atoms with E-state index in [4.69, 9.17) is 23.2 Å². The highest BCUT2D eigenvalue weighted by atomic mass is 35.5. The molecule has 1 fully saturated rings. The molecule has 1 N–H and O–H groups in total. The lowest BCUT2D eigenvalue weighted by molar-refractivity contribution is 0.198. The monoisotopic (exact) mass is 334 g/mol. The van der Waals surface area contributed by atoms with Crippen molar-refractivity contribution in [2.45, 2.75) is 13.0 Å². The molecule has 0 radical (unpaired) electrons. The molecule has 0 spiro atoms. The quantitative estimate of drug-likeness (QED) is 0.900. The van der Waals surface area contributed by atoms with Crippen LogP contribution in [0.25, 0.3) is 0 Å². The van der Waals surface area contributed by atoms with Crippen molar-refractivity contribution < 1.29 is 0 Å². The molecular weight excluding hydrogens is 315 g/mol. The van der Waals surface area contributed by atoms with E-state index in [2.05, 4.69) is 47.5 Å². The van der Waals surface area contributed by atoms with Gasteiger partial charge in [-0.1, -0.05) is 59.1 Å². The highest BCUT2D eigenvalue weighted by molar-refractivity contribution is 6.42. The molecule has 1 atom stereocenters. The number of aryl methyl sites for hydroxylation is 1. The fourth-order valence-electron chi connectivity index (χ4n) is 2.99. The Labute approximate surface area is 142 Å². The van der Waals surface area contributed by atoms with Crippen molar-refractivity contribution in [1.29, 1.82) is 0 Å². The summed E-state index contributed by atoms with van der Waals surface area (Å²) >= 11 is 12.3. The molecule has 0 aromatic heterocycles. The van der Waals surface area contributed by atoms with E-state index < -0.39 is 0 Å². The van der Waals surface area contributed by atoms with Crippen molar-refractivity contribution in [3.05, 3.63) is 69.2 Å². The van der Waals surface area contributed by atoms with E-state index in [1.54, 1.807) is 0 Å². The Kier molecular flexibility index (Phi) is 5.04. The summed E-state index contributed by atoms with van der Waals surface area (Å²) in [6.45, 7) is 6.20. The average Bonchev–Trinajstić information content (AvgIpc) is 2.54. The van der Waals surface area contributed by atoms with Gasteiger partial charge in [0, 0.05) is 26.2 Å². The summed E-state index contributed by atoms with van der Waals surface area (Å²) in [6.07, 6.45) is 0. The second-order valence-electron chi connectivity index (χ2n) is 5.77. The lowest BCUT2D eigenvalue weighted by Crippen LogP contribution is -2.45. The molecule has 1 heterocycles. The largest absolute Gasteiger partial charge is 0.314 e. The van der Waals surface area contributed by atoms with E-state index in [1.165, 1.54) is 16.7 Å². The molecule has 0 bridgehead atoms. The Hall–Kier alpha value is -1.06.